The molecule has 5 aromatic carbocycles. The lowest BCUT2D eigenvalue weighted by atomic mass is 10.1. The number of halogens is 6. The number of amides is 4. The molecule has 2 aliphatic rings. The molecule has 4 amide bonds. The van der Waals surface area contributed by atoms with Gasteiger partial charge in [0.25, 0.3) is 23.6 Å². The monoisotopic (exact) mass is 671 g/mol. The summed E-state index contributed by atoms with van der Waals surface area (Å²) in [5.41, 5.74) is -1.08. The number of carbonyl (C=O) groups excluding carboxylic acids is 4. The zero-order valence-corrected chi connectivity index (χ0v) is 24.7. The minimum atomic E-state index is -4.70. The van der Waals surface area contributed by atoms with E-state index >= 15 is 0 Å². The Kier molecular flexibility index (Phi) is 7.16. The van der Waals surface area contributed by atoms with Crippen molar-refractivity contribution < 1.29 is 45.5 Å². The van der Waals surface area contributed by atoms with Crippen LogP contribution < -0.4 is 14.7 Å². The van der Waals surface area contributed by atoms with Gasteiger partial charge >= 0.3 is 12.4 Å². The van der Waals surface area contributed by atoms with Gasteiger partial charge in [0.05, 0.1) is 44.8 Å². The molecule has 0 saturated carbocycles. The largest absolute Gasteiger partial charge is 0.416 e. The third-order valence-corrected chi connectivity index (χ3v) is 8.17. The molecule has 244 valence electrons. The normalized spacial score (nSPS) is 14.4. The van der Waals surface area contributed by atoms with E-state index in [2.05, 4.69) is 0 Å². The van der Waals surface area contributed by atoms with Crippen LogP contribution >= 0.6 is 0 Å². The van der Waals surface area contributed by atoms with Crippen molar-refractivity contribution in [3.63, 3.8) is 0 Å². The molecule has 2 heterocycles. The van der Waals surface area contributed by atoms with E-state index < -0.39 is 47.1 Å². The lowest BCUT2D eigenvalue weighted by molar-refractivity contribution is -0.138. The fraction of sp³-hybridized carbons (Fsp3) is 0.0556. The average Bonchev–Trinajstić information content (AvgIpc) is 3.48. The number of para-hydroxylation sites is 1. The summed E-state index contributed by atoms with van der Waals surface area (Å²) in [5, 5.41) is 0. The molecule has 0 radical (unpaired) electrons. The van der Waals surface area contributed by atoms with Gasteiger partial charge in [0.1, 0.15) is 0 Å². The second kappa shape index (κ2) is 11.2. The highest BCUT2D eigenvalue weighted by molar-refractivity contribution is 6.35. The van der Waals surface area contributed by atoms with Gasteiger partial charge < -0.3 is 4.90 Å². The zero-order valence-electron chi connectivity index (χ0n) is 24.7. The summed E-state index contributed by atoms with van der Waals surface area (Å²) in [6.45, 7) is 0. The van der Waals surface area contributed by atoms with Crippen molar-refractivity contribution in [2.24, 2.45) is 0 Å². The number of hydrogen-bond acceptors (Lipinski definition) is 5. The molecule has 0 fully saturated rings. The predicted octanol–water partition coefficient (Wildman–Crippen LogP) is 8.80. The molecule has 0 bridgehead atoms. The summed E-state index contributed by atoms with van der Waals surface area (Å²) >= 11 is 0. The first-order chi connectivity index (χ1) is 23.2. The Labute approximate surface area is 273 Å². The smallest absolute Gasteiger partial charge is 0.311 e. The van der Waals surface area contributed by atoms with Crippen LogP contribution in [-0.2, 0) is 12.4 Å². The highest BCUT2D eigenvalue weighted by Gasteiger charge is 2.41. The Hall–Kier alpha value is -6.24. The third kappa shape index (κ3) is 5.29. The van der Waals surface area contributed by atoms with Crippen molar-refractivity contribution in [1.29, 1.82) is 0 Å². The van der Waals surface area contributed by atoms with Crippen molar-refractivity contribution in [3.05, 3.63) is 149 Å². The van der Waals surface area contributed by atoms with Crippen LogP contribution in [0.25, 0.3) is 0 Å². The van der Waals surface area contributed by atoms with E-state index in [1.54, 1.807) is 59.5 Å². The maximum Gasteiger partial charge on any atom is 0.416 e. The van der Waals surface area contributed by atoms with Gasteiger partial charge in [-0.15, -0.1) is 0 Å². The maximum atomic E-state index is 13.3. The van der Waals surface area contributed by atoms with Gasteiger partial charge in [-0.2, -0.15) is 26.3 Å². The molecular formula is C36H19F6N3O4. The van der Waals surface area contributed by atoms with E-state index in [1.807, 2.05) is 0 Å². The zero-order chi connectivity index (χ0) is 34.8. The lowest BCUT2D eigenvalue weighted by Crippen LogP contribution is -2.29. The first kappa shape index (κ1) is 31.4. The molecule has 0 atom stereocenters. The van der Waals surface area contributed by atoms with Crippen LogP contribution in [0.15, 0.2) is 115 Å². The summed E-state index contributed by atoms with van der Waals surface area (Å²) in [4.78, 5) is 55.7. The number of imide groups is 2. The Bertz CT molecular complexity index is 2040. The summed E-state index contributed by atoms with van der Waals surface area (Å²) in [6, 6.07) is 26.0. The second-order valence-electron chi connectivity index (χ2n) is 11.1. The number of alkyl halides is 6. The maximum absolute atomic E-state index is 13.3. The molecule has 0 aromatic heterocycles. The van der Waals surface area contributed by atoms with Crippen LogP contribution in [0, 0.1) is 0 Å². The highest BCUT2D eigenvalue weighted by atomic mass is 19.4. The quantitative estimate of drug-likeness (QED) is 0.138. The van der Waals surface area contributed by atoms with Crippen molar-refractivity contribution in [2.45, 2.75) is 12.4 Å². The summed E-state index contributed by atoms with van der Waals surface area (Å²) in [5.74, 6) is -3.31. The van der Waals surface area contributed by atoms with Crippen molar-refractivity contribution in [1.82, 2.24) is 0 Å². The fourth-order valence-corrected chi connectivity index (χ4v) is 5.83. The molecule has 5 aromatic rings. The molecule has 0 saturated heterocycles. The van der Waals surface area contributed by atoms with Crippen LogP contribution in [-0.4, -0.2) is 23.6 Å². The topological polar surface area (TPSA) is 78.0 Å². The first-order valence-corrected chi connectivity index (χ1v) is 14.5. The van der Waals surface area contributed by atoms with E-state index in [-0.39, 0.29) is 33.6 Å². The second-order valence-corrected chi connectivity index (χ2v) is 11.1. The number of carbonyl (C=O) groups is 4. The highest BCUT2D eigenvalue weighted by Crippen LogP contribution is 2.40. The van der Waals surface area contributed by atoms with Gasteiger partial charge in [0.2, 0.25) is 0 Å². The molecule has 2 aliphatic heterocycles. The minimum absolute atomic E-state index is 0.131. The number of hydrogen-bond donors (Lipinski definition) is 0. The third-order valence-electron chi connectivity index (χ3n) is 8.17. The van der Waals surface area contributed by atoms with E-state index in [4.69, 9.17) is 0 Å². The van der Waals surface area contributed by atoms with E-state index in [0.717, 1.165) is 34.1 Å². The molecule has 0 aliphatic carbocycles. The molecule has 13 heteroatoms. The van der Waals surface area contributed by atoms with Gasteiger partial charge in [-0.3, -0.25) is 19.2 Å². The van der Waals surface area contributed by atoms with Crippen molar-refractivity contribution >= 4 is 52.1 Å². The predicted molar refractivity (Wildman–Crippen MR) is 166 cm³/mol. The first-order valence-electron chi connectivity index (χ1n) is 14.5. The van der Waals surface area contributed by atoms with Crippen molar-refractivity contribution in [2.75, 3.05) is 14.7 Å². The van der Waals surface area contributed by atoms with Crippen LogP contribution in [0.5, 0.6) is 0 Å². The van der Waals surface area contributed by atoms with Gasteiger partial charge in [-0.05, 0) is 97.1 Å². The number of anilines is 5. The number of benzene rings is 5. The van der Waals surface area contributed by atoms with Crippen LogP contribution in [0.1, 0.15) is 52.6 Å². The van der Waals surface area contributed by atoms with Gasteiger partial charge in [0, 0.05) is 17.1 Å². The number of fused-ring (bicyclic) bond motifs is 2. The molecule has 0 spiro atoms. The van der Waals surface area contributed by atoms with E-state index in [0.29, 0.717) is 29.2 Å². The van der Waals surface area contributed by atoms with E-state index in [9.17, 15) is 45.5 Å². The van der Waals surface area contributed by atoms with Gasteiger partial charge in [-0.1, -0.05) is 18.2 Å². The molecule has 49 heavy (non-hydrogen) atoms. The molecule has 0 unspecified atom stereocenters. The van der Waals surface area contributed by atoms with Gasteiger partial charge in [-0.25, -0.2) is 9.80 Å². The molecular weight excluding hydrogens is 652 g/mol. The Morgan fingerprint density at radius 3 is 1.12 bits per heavy atom. The SMILES string of the molecule is O=C1c2ccc(C(F)(F)F)cc2C(=O)N1c1ccc(N(c2ccccc2)c2ccc(N3C(=O)c4ccc(C(F)(F)F)cc4C3=O)cc2)cc1. The summed E-state index contributed by atoms with van der Waals surface area (Å²) in [6.07, 6.45) is -9.39. The summed E-state index contributed by atoms with van der Waals surface area (Å²) < 4.78 is 79.6. The summed E-state index contributed by atoms with van der Waals surface area (Å²) in [7, 11) is 0. The fourth-order valence-electron chi connectivity index (χ4n) is 5.83. The Morgan fingerprint density at radius 1 is 0.408 bits per heavy atom. The molecule has 7 nitrogen and oxygen atoms in total. The van der Waals surface area contributed by atoms with Crippen LogP contribution in [0.3, 0.4) is 0 Å². The van der Waals surface area contributed by atoms with Crippen LogP contribution in [0.4, 0.5) is 54.8 Å². The lowest BCUT2D eigenvalue weighted by Gasteiger charge is -2.26. The number of nitrogens with zero attached hydrogens (tertiary/aromatic N) is 3. The average molecular weight is 672 g/mol. The Morgan fingerprint density at radius 2 is 0.755 bits per heavy atom. The van der Waals surface area contributed by atoms with Gasteiger partial charge in [0.15, 0.2) is 0 Å². The molecule has 7 rings (SSSR count). The van der Waals surface area contributed by atoms with Crippen LogP contribution in [0.2, 0.25) is 0 Å². The van der Waals surface area contributed by atoms with Crippen molar-refractivity contribution in [3.8, 4) is 0 Å². The number of rotatable bonds is 5. The van der Waals surface area contributed by atoms with E-state index in [1.165, 1.54) is 24.3 Å². The molecule has 0 N–H and O–H groups in total. The Balaban J connectivity index is 1.19. The standard InChI is InChI=1S/C36H19F6N3O4/c37-35(38,39)20-6-16-27-29(18-20)33(48)44(31(27)46)25-12-8-23(9-13-25)43(22-4-2-1-3-5-22)24-10-14-26(15-11-24)45-32(47)28-17-7-21(36(40,41)42)19-30(28)34(45)49/h1-19H. The minimum Gasteiger partial charge on any atom is -0.311 e.